The lowest BCUT2D eigenvalue weighted by Crippen LogP contribution is -2.36. The number of carbonyl (C=O) groups is 2. The predicted octanol–water partition coefficient (Wildman–Crippen LogP) is 5.28. The third kappa shape index (κ3) is 6.09. The molecule has 0 heterocycles. The predicted molar refractivity (Wildman–Crippen MR) is 120 cm³/mol. The fraction of sp³-hybridized carbons (Fsp3) is 0.440. The van der Waals surface area contributed by atoms with Crippen LogP contribution in [0, 0.1) is 0 Å². The van der Waals surface area contributed by atoms with E-state index in [-0.39, 0.29) is 17.9 Å². The van der Waals surface area contributed by atoms with Crippen LogP contribution in [0.15, 0.2) is 48.5 Å². The van der Waals surface area contributed by atoms with Crippen LogP contribution >= 0.6 is 0 Å². The summed E-state index contributed by atoms with van der Waals surface area (Å²) in [5, 5.41) is 5.95. The van der Waals surface area contributed by atoms with Gasteiger partial charge < -0.3 is 15.4 Å². The molecule has 1 fully saturated rings. The lowest BCUT2D eigenvalue weighted by atomic mass is 9.95. The second-order valence-electron chi connectivity index (χ2n) is 8.36. The van der Waals surface area contributed by atoms with Gasteiger partial charge in [0.05, 0.1) is 0 Å². The summed E-state index contributed by atoms with van der Waals surface area (Å²) in [4.78, 5) is 24.9. The molecule has 5 heteroatoms. The largest absolute Gasteiger partial charge is 0.481 e. The van der Waals surface area contributed by atoms with Crippen molar-refractivity contribution in [1.29, 1.82) is 0 Å². The highest BCUT2D eigenvalue weighted by molar-refractivity contribution is 5.97. The maximum absolute atomic E-state index is 12.5. The average Bonchev–Trinajstić information content (AvgIpc) is 2.75. The minimum atomic E-state index is -0.635. The average molecular weight is 409 g/mol. The van der Waals surface area contributed by atoms with Gasteiger partial charge in [-0.3, -0.25) is 9.59 Å². The second kappa shape index (κ2) is 10.3. The Balaban J connectivity index is 1.51. The minimum absolute atomic E-state index is 0.0543. The smallest absolute Gasteiger partial charge is 0.265 e. The Hall–Kier alpha value is -2.82. The molecule has 1 aliphatic carbocycles. The van der Waals surface area contributed by atoms with Gasteiger partial charge in [-0.05, 0) is 67.6 Å². The van der Waals surface area contributed by atoms with Gasteiger partial charge in [0.1, 0.15) is 5.75 Å². The minimum Gasteiger partial charge on any atom is -0.481 e. The molecular formula is C25H32N2O3. The molecule has 160 valence electrons. The van der Waals surface area contributed by atoms with Crippen molar-refractivity contribution in [3.05, 3.63) is 59.7 Å². The number of ether oxygens (including phenoxy) is 1. The monoisotopic (exact) mass is 408 g/mol. The van der Waals surface area contributed by atoms with E-state index in [1.807, 2.05) is 24.3 Å². The third-order valence-corrected chi connectivity index (χ3v) is 5.58. The molecule has 5 nitrogen and oxygen atoms in total. The summed E-state index contributed by atoms with van der Waals surface area (Å²) in [5.41, 5.74) is 2.47. The Morgan fingerprint density at radius 1 is 0.900 bits per heavy atom. The van der Waals surface area contributed by atoms with E-state index >= 15 is 0 Å². The fourth-order valence-electron chi connectivity index (χ4n) is 3.65. The van der Waals surface area contributed by atoms with Crippen LogP contribution in [0.25, 0.3) is 0 Å². The normalized spacial score (nSPS) is 15.5. The number of anilines is 1. The van der Waals surface area contributed by atoms with Crippen molar-refractivity contribution < 1.29 is 14.3 Å². The number of amides is 2. The molecule has 0 aliphatic heterocycles. The van der Waals surface area contributed by atoms with Gasteiger partial charge in [0, 0.05) is 17.3 Å². The summed E-state index contributed by atoms with van der Waals surface area (Å²) in [5.74, 6) is 0.827. The first-order valence-corrected chi connectivity index (χ1v) is 10.9. The van der Waals surface area contributed by atoms with Gasteiger partial charge in [-0.25, -0.2) is 0 Å². The van der Waals surface area contributed by atoms with Crippen molar-refractivity contribution >= 4 is 17.5 Å². The molecule has 2 amide bonds. The summed E-state index contributed by atoms with van der Waals surface area (Å²) in [6, 6.07) is 15.1. The quantitative estimate of drug-likeness (QED) is 0.655. The molecule has 0 bridgehead atoms. The Bertz CT molecular complexity index is 838. The van der Waals surface area contributed by atoms with Crippen molar-refractivity contribution in [1.82, 2.24) is 5.32 Å². The molecule has 0 radical (unpaired) electrons. The standard InChI is InChI=1S/C25H32N2O3/c1-17(2)19-11-15-23(16-12-19)30-18(3)24(28)26-22-13-9-20(10-14-22)25(29)27-21-7-5-4-6-8-21/h9-18,21H,4-8H2,1-3H3,(H,26,28)(H,27,29). The van der Waals surface area contributed by atoms with Crippen LogP contribution in [0.2, 0.25) is 0 Å². The molecular weight excluding hydrogens is 376 g/mol. The van der Waals surface area contributed by atoms with Crippen LogP contribution in [0.4, 0.5) is 5.69 Å². The van der Waals surface area contributed by atoms with E-state index in [2.05, 4.69) is 24.5 Å². The highest BCUT2D eigenvalue weighted by Gasteiger charge is 2.18. The van der Waals surface area contributed by atoms with E-state index < -0.39 is 6.10 Å². The molecule has 1 saturated carbocycles. The molecule has 0 spiro atoms. The highest BCUT2D eigenvalue weighted by atomic mass is 16.5. The molecule has 1 atom stereocenters. The van der Waals surface area contributed by atoms with Crippen LogP contribution in [0.3, 0.4) is 0 Å². The number of benzene rings is 2. The van der Waals surface area contributed by atoms with Crippen LogP contribution in [0.1, 0.15) is 74.7 Å². The highest BCUT2D eigenvalue weighted by Crippen LogP contribution is 2.20. The van der Waals surface area contributed by atoms with E-state index in [0.717, 1.165) is 12.8 Å². The Kier molecular flexibility index (Phi) is 7.50. The van der Waals surface area contributed by atoms with Gasteiger partial charge in [0.25, 0.3) is 11.8 Å². The molecule has 2 aromatic rings. The number of nitrogens with one attached hydrogen (secondary N) is 2. The summed E-state index contributed by atoms with van der Waals surface area (Å²) in [7, 11) is 0. The van der Waals surface area contributed by atoms with Crippen molar-refractivity contribution in [2.24, 2.45) is 0 Å². The molecule has 1 aliphatic rings. The van der Waals surface area contributed by atoms with Gasteiger partial charge in [0.15, 0.2) is 6.10 Å². The van der Waals surface area contributed by atoms with Crippen LogP contribution in [0.5, 0.6) is 5.75 Å². The molecule has 30 heavy (non-hydrogen) atoms. The fourth-order valence-corrected chi connectivity index (χ4v) is 3.65. The topological polar surface area (TPSA) is 67.4 Å². The Labute approximate surface area is 179 Å². The van der Waals surface area contributed by atoms with Gasteiger partial charge >= 0.3 is 0 Å². The first-order chi connectivity index (χ1) is 14.4. The van der Waals surface area contributed by atoms with E-state index in [0.29, 0.717) is 22.9 Å². The van der Waals surface area contributed by atoms with Crippen LogP contribution in [-0.2, 0) is 4.79 Å². The van der Waals surface area contributed by atoms with Gasteiger partial charge in [0.2, 0.25) is 0 Å². The maximum atomic E-state index is 12.5. The van der Waals surface area contributed by atoms with Crippen LogP contribution in [-0.4, -0.2) is 24.0 Å². The number of carbonyl (C=O) groups excluding carboxylic acids is 2. The lowest BCUT2D eigenvalue weighted by molar-refractivity contribution is -0.122. The second-order valence-corrected chi connectivity index (χ2v) is 8.36. The van der Waals surface area contributed by atoms with Crippen molar-refractivity contribution in [3.63, 3.8) is 0 Å². The zero-order valence-electron chi connectivity index (χ0n) is 18.1. The van der Waals surface area contributed by atoms with Crippen LogP contribution < -0.4 is 15.4 Å². The Morgan fingerprint density at radius 3 is 2.13 bits per heavy atom. The molecule has 1 unspecified atom stereocenters. The molecule has 0 aromatic heterocycles. The third-order valence-electron chi connectivity index (χ3n) is 5.58. The van der Waals surface area contributed by atoms with Gasteiger partial charge in [-0.2, -0.15) is 0 Å². The van der Waals surface area contributed by atoms with E-state index in [4.69, 9.17) is 4.74 Å². The van der Waals surface area contributed by atoms with E-state index in [1.165, 1.54) is 24.8 Å². The number of hydrogen-bond donors (Lipinski definition) is 2. The molecule has 0 saturated heterocycles. The summed E-state index contributed by atoms with van der Waals surface area (Å²) in [6.07, 6.45) is 5.09. The number of hydrogen-bond acceptors (Lipinski definition) is 3. The van der Waals surface area contributed by atoms with E-state index in [1.54, 1.807) is 31.2 Å². The van der Waals surface area contributed by atoms with Crippen molar-refractivity contribution in [3.8, 4) is 5.75 Å². The summed E-state index contributed by atoms with van der Waals surface area (Å²) in [6.45, 7) is 5.99. The summed E-state index contributed by atoms with van der Waals surface area (Å²) >= 11 is 0. The van der Waals surface area contributed by atoms with Crippen molar-refractivity contribution in [2.45, 2.75) is 70.9 Å². The zero-order chi connectivity index (χ0) is 21.5. The summed E-state index contributed by atoms with van der Waals surface area (Å²) < 4.78 is 5.75. The Morgan fingerprint density at radius 2 is 1.53 bits per heavy atom. The van der Waals surface area contributed by atoms with Gasteiger partial charge in [-0.1, -0.05) is 45.2 Å². The lowest BCUT2D eigenvalue weighted by Gasteiger charge is -2.22. The van der Waals surface area contributed by atoms with Crippen molar-refractivity contribution in [2.75, 3.05) is 5.32 Å². The maximum Gasteiger partial charge on any atom is 0.265 e. The first-order valence-electron chi connectivity index (χ1n) is 10.9. The SMILES string of the molecule is CC(Oc1ccc(C(C)C)cc1)C(=O)Nc1ccc(C(=O)NC2CCCCC2)cc1. The first kappa shape index (κ1) is 21.9. The molecule has 3 rings (SSSR count). The zero-order valence-corrected chi connectivity index (χ0v) is 18.1. The number of rotatable bonds is 7. The van der Waals surface area contributed by atoms with E-state index in [9.17, 15) is 9.59 Å². The molecule has 2 N–H and O–H groups in total. The molecule has 2 aromatic carbocycles. The van der Waals surface area contributed by atoms with Gasteiger partial charge in [-0.15, -0.1) is 0 Å².